The van der Waals surface area contributed by atoms with Crippen molar-refractivity contribution in [2.75, 3.05) is 10.6 Å². The van der Waals surface area contributed by atoms with Crippen LogP contribution >= 0.6 is 11.6 Å². The fourth-order valence-corrected chi connectivity index (χ4v) is 2.66. The smallest absolute Gasteiger partial charge is 0.225 e. The second kappa shape index (κ2) is 6.69. The Morgan fingerprint density at radius 2 is 1.84 bits per heavy atom. The lowest BCUT2D eigenvalue weighted by molar-refractivity contribution is 1.06. The molecule has 0 bridgehead atoms. The molecule has 0 saturated heterocycles. The third kappa shape index (κ3) is 3.88. The first-order valence-corrected chi connectivity index (χ1v) is 8.64. The summed E-state index contributed by atoms with van der Waals surface area (Å²) in [6.07, 6.45) is 5.86. The molecule has 0 amide bonds. The molecule has 0 unspecified atom stereocenters. The van der Waals surface area contributed by atoms with Crippen LogP contribution in [0, 0.1) is 6.92 Å². The molecule has 0 spiro atoms. The molecule has 25 heavy (non-hydrogen) atoms. The standard InChI is InChI=1S/C19H18ClN5/c1-12-2-3-15(10-16(12)20)22-18-11-17(13-6-8-21-9-7-13)24-19(25-18)23-14-4-5-14/h2-3,6-11,14H,4-5H2,1H3,(H2,22,23,24,25). The zero-order valence-corrected chi connectivity index (χ0v) is 14.6. The van der Waals surface area contributed by atoms with Crippen molar-refractivity contribution in [2.24, 2.45) is 0 Å². The maximum Gasteiger partial charge on any atom is 0.225 e. The van der Waals surface area contributed by atoms with Crippen LogP contribution in [0.3, 0.4) is 0 Å². The Bertz CT molecular complexity index is 894. The van der Waals surface area contributed by atoms with Crippen LogP contribution < -0.4 is 10.6 Å². The van der Waals surface area contributed by atoms with E-state index in [4.69, 9.17) is 11.6 Å². The minimum absolute atomic E-state index is 0.481. The third-order valence-corrected chi connectivity index (χ3v) is 4.46. The number of hydrogen-bond donors (Lipinski definition) is 2. The summed E-state index contributed by atoms with van der Waals surface area (Å²) in [4.78, 5) is 13.3. The highest BCUT2D eigenvalue weighted by atomic mass is 35.5. The third-order valence-electron chi connectivity index (χ3n) is 4.06. The van der Waals surface area contributed by atoms with E-state index in [1.807, 2.05) is 43.3 Å². The van der Waals surface area contributed by atoms with E-state index >= 15 is 0 Å². The quantitative estimate of drug-likeness (QED) is 0.690. The van der Waals surface area contributed by atoms with Gasteiger partial charge in [0.15, 0.2) is 0 Å². The molecule has 2 aromatic heterocycles. The molecule has 1 saturated carbocycles. The van der Waals surface area contributed by atoms with Crippen molar-refractivity contribution in [1.82, 2.24) is 15.0 Å². The molecule has 0 radical (unpaired) electrons. The Kier molecular flexibility index (Phi) is 4.24. The minimum atomic E-state index is 0.481. The van der Waals surface area contributed by atoms with Crippen LogP contribution in [0.25, 0.3) is 11.3 Å². The Hall–Kier alpha value is -2.66. The van der Waals surface area contributed by atoms with Gasteiger partial charge in [0.2, 0.25) is 5.95 Å². The fourth-order valence-electron chi connectivity index (χ4n) is 2.48. The van der Waals surface area contributed by atoms with Crippen molar-refractivity contribution in [3.8, 4) is 11.3 Å². The average Bonchev–Trinajstić information content (AvgIpc) is 3.43. The summed E-state index contributed by atoms with van der Waals surface area (Å²) < 4.78 is 0. The second-order valence-electron chi connectivity index (χ2n) is 6.21. The minimum Gasteiger partial charge on any atom is -0.351 e. The number of pyridine rings is 1. The zero-order valence-electron chi connectivity index (χ0n) is 13.8. The fraction of sp³-hybridized carbons (Fsp3) is 0.211. The van der Waals surface area contributed by atoms with E-state index in [9.17, 15) is 0 Å². The van der Waals surface area contributed by atoms with Crippen LogP contribution in [-0.2, 0) is 0 Å². The Morgan fingerprint density at radius 1 is 1.04 bits per heavy atom. The van der Waals surface area contributed by atoms with Gasteiger partial charge in [-0.2, -0.15) is 4.98 Å². The molecule has 5 nitrogen and oxygen atoms in total. The number of nitrogens with one attached hydrogen (secondary N) is 2. The molecule has 0 atom stereocenters. The van der Waals surface area contributed by atoms with Gasteiger partial charge in [-0.25, -0.2) is 4.98 Å². The van der Waals surface area contributed by atoms with Crippen LogP contribution in [0.15, 0.2) is 48.8 Å². The normalized spacial score (nSPS) is 13.5. The van der Waals surface area contributed by atoms with Crippen LogP contribution in [0.4, 0.5) is 17.5 Å². The first kappa shape index (κ1) is 15.8. The number of aromatic nitrogens is 3. The number of aryl methyl sites for hydroxylation is 1. The van der Waals surface area contributed by atoms with Gasteiger partial charge in [-0.1, -0.05) is 17.7 Å². The molecular weight excluding hydrogens is 334 g/mol. The topological polar surface area (TPSA) is 62.7 Å². The van der Waals surface area contributed by atoms with Gasteiger partial charge < -0.3 is 10.6 Å². The molecule has 2 N–H and O–H groups in total. The first-order valence-electron chi connectivity index (χ1n) is 8.26. The molecular formula is C19H18ClN5. The van der Waals surface area contributed by atoms with Crippen LogP contribution in [0.5, 0.6) is 0 Å². The summed E-state index contributed by atoms with van der Waals surface area (Å²) in [5, 5.41) is 7.42. The molecule has 2 heterocycles. The van der Waals surface area contributed by atoms with Gasteiger partial charge in [0.25, 0.3) is 0 Å². The van der Waals surface area contributed by atoms with Crippen molar-refractivity contribution in [1.29, 1.82) is 0 Å². The van der Waals surface area contributed by atoms with E-state index in [1.165, 1.54) is 12.8 Å². The van der Waals surface area contributed by atoms with Gasteiger partial charge in [0.05, 0.1) is 5.69 Å². The maximum atomic E-state index is 6.22. The number of halogens is 1. The van der Waals surface area contributed by atoms with E-state index < -0.39 is 0 Å². The second-order valence-corrected chi connectivity index (χ2v) is 6.61. The largest absolute Gasteiger partial charge is 0.351 e. The maximum absolute atomic E-state index is 6.22. The lowest BCUT2D eigenvalue weighted by Crippen LogP contribution is -2.07. The summed E-state index contributed by atoms with van der Waals surface area (Å²) in [6.45, 7) is 1.98. The molecule has 4 rings (SSSR count). The molecule has 6 heteroatoms. The van der Waals surface area contributed by atoms with Gasteiger partial charge in [-0.15, -0.1) is 0 Å². The van der Waals surface area contributed by atoms with Crippen molar-refractivity contribution < 1.29 is 0 Å². The predicted octanol–water partition coefficient (Wildman–Crippen LogP) is 4.82. The summed E-state index contributed by atoms with van der Waals surface area (Å²) in [6, 6.07) is 12.2. The summed E-state index contributed by atoms with van der Waals surface area (Å²) in [5.74, 6) is 1.36. The van der Waals surface area contributed by atoms with Crippen molar-refractivity contribution in [3.05, 3.63) is 59.4 Å². The van der Waals surface area contributed by atoms with Crippen molar-refractivity contribution >= 4 is 29.1 Å². The Labute approximate surface area is 151 Å². The van der Waals surface area contributed by atoms with E-state index in [-0.39, 0.29) is 0 Å². The molecule has 1 fully saturated rings. The number of benzene rings is 1. The van der Waals surface area contributed by atoms with E-state index in [2.05, 4.69) is 25.6 Å². The molecule has 0 aliphatic heterocycles. The first-order chi connectivity index (χ1) is 12.2. The molecule has 1 aliphatic carbocycles. The summed E-state index contributed by atoms with van der Waals surface area (Å²) >= 11 is 6.22. The van der Waals surface area contributed by atoms with Crippen molar-refractivity contribution in [3.63, 3.8) is 0 Å². The Morgan fingerprint density at radius 3 is 2.56 bits per heavy atom. The number of anilines is 3. The molecule has 1 aromatic carbocycles. The highest BCUT2D eigenvalue weighted by Gasteiger charge is 2.22. The lowest BCUT2D eigenvalue weighted by Gasteiger charge is -2.12. The monoisotopic (exact) mass is 351 g/mol. The average molecular weight is 352 g/mol. The highest BCUT2D eigenvalue weighted by molar-refractivity contribution is 6.31. The van der Waals surface area contributed by atoms with E-state index in [1.54, 1.807) is 12.4 Å². The van der Waals surface area contributed by atoms with Gasteiger partial charge >= 0.3 is 0 Å². The summed E-state index contributed by atoms with van der Waals surface area (Å²) in [7, 11) is 0. The van der Waals surface area contributed by atoms with Gasteiger partial charge in [0.1, 0.15) is 5.82 Å². The molecule has 126 valence electrons. The van der Waals surface area contributed by atoms with Crippen molar-refractivity contribution in [2.45, 2.75) is 25.8 Å². The lowest BCUT2D eigenvalue weighted by atomic mass is 10.2. The summed E-state index contributed by atoms with van der Waals surface area (Å²) in [5.41, 5.74) is 3.79. The zero-order chi connectivity index (χ0) is 17.2. The Balaban J connectivity index is 1.68. The highest BCUT2D eigenvalue weighted by Crippen LogP contribution is 2.28. The van der Waals surface area contributed by atoms with Crippen LogP contribution in [-0.4, -0.2) is 21.0 Å². The van der Waals surface area contributed by atoms with Gasteiger partial charge in [0, 0.05) is 40.8 Å². The number of hydrogen-bond acceptors (Lipinski definition) is 5. The van der Waals surface area contributed by atoms with E-state index in [0.717, 1.165) is 33.3 Å². The number of rotatable bonds is 5. The van der Waals surface area contributed by atoms with Crippen LogP contribution in [0.1, 0.15) is 18.4 Å². The predicted molar refractivity (Wildman–Crippen MR) is 101 cm³/mol. The van der Waals surface area contributed by atoms with Crippen LogP contribution in [0.2, 0.25) is 5.02 Å². The van der Waals surface area contributed by atoms with Gasteiger partial charge in [-0.05, 0) is 49.6 Å². The SMILES string of the molecule is Cc1ccc(Nc2cc(-c3ccncc3)nc(NC3CC3)n2)cc1Cl. The van der Waals surface area contributed by atoms with Gasteiger partial charge in [-0.3, -0.25) is 4.98 Å². The molecule has 3 aromatic rings. The molecule has 1 aliphatic rings. The number of nitrogens with zero attached hydrogens (tertiary/aromatic N) is 3. The van der Waals surface area contributed by atoms with E-state index in [0.29, 0.717) is 12.0 Å².